The van der Waals surface area contributed by atoms with Crippen molar-refractivity contribution < 1.29 is 19.1 Å². The van der Waals surface area contributed by atoms with Gasteiger partial charge in [-0.3, -0.25) is 9.59 Å². The van der Waals surface area contributed by atoms with Crippen LogP contribution in [0, 0.1) is 26.7 Å². The van der Waals surface area contributed by atoms with Crippen LogP contribution in [0.25, 0.3) is 0 Å². The molecule has 1 fully saturated rings. The minimum Gasteiger partial charge on any atom is -0.452 e. The van der Waals surface area contributed by atoms with Crippen LogP contribution in [0.4, 0.5) is 10.7 Å². The molecule has 1 heterocycles. The molecule has 8 heteroatoms. The van der Waals surface area contributed by atoms with Crippen molar-refractivity contribution in [2.45, 2.75) is 33.6 Å². The highest BCUT2D eigenvalue weighted by Crippen LogP contribution is 2.36. The zero-order valence-corrected chi connectivity index (χ0v) is 17.4. The number of thiophene rings is 1. The molecule has 3 rings (SSSR count). The highest BCUT2D eigenvalue weighted by atomic mass is 35.5. The summed E-state index contributed by atoms with van der Waals surface area (Å²) in [4.78, 5) is 37.7. The molecule has 0 bridgehead atoms. The molecular formula is C20H21ClN2O4S. The Labute approximate surface area is 172 Å². The van der Waals surface area contributed by atoms with Gasteiger partial charge in [0.25, 0.3) is 5.91 Å². The van der Waals surface area contributed by atoms with Crippen molar-refractivity contribution in [1.29, 1.82) is 0 Å². The van der Waals surface area contributed by atoms with E-state index in [1.54, 1.807) is 19.1 Å². The highest BCUT2D eigenvalue weighted by molar-refractivity contribution is 7.16. The first-order valence-electron chi connectivity index (χ1n) is 8.90. The van der Waals surface area contributed by atoms with Crippen LogP contribution < -0.4 is 10.6 Å². The number of carbonyl (C=O) groups excluding carboxylic acids is 3. The fourth-order valence-electron chi connectivity index (χ4n) is 2.63. The molecule has 0 saturated heterocycles. The molecule has 1 saturated carbocycles. The number of esters is 1. The predicted octanol–water partition coefficient (Wildman–Crippen LogP) is 4.47. The van der Waals surface area contributed by atoms with Crippen molar-refractivity contribution in [3.63, 3.8) is 0 Å². The third-order valence-corrected chi connectivity index (χ3v) is 5.94. The van der Waals surface area contributed by atoms with Crippen molar-refractivity contribution >= 4 is 51.4 Å². The molecule has 0 spiro atoms. The maximum absolute atomic E-state index is 12.6. The smallest absolute Gasteiger partial charge is 0.341 e. The van der Waals surface area contributed by atoms with E-state index in [1.165, 1.54) is 11.3 Å². The van der Waals surface area contributed by atoms with Crippen molar-refractivity contribution in [2.75, 3.05) is 17.2 Å². The van der Waals surface area contributed by atoms with Gasteiger partial charge in [-0.25, -0.2) is 4.79 Å². The second kappa shape index (κ2) is 8.32. The Balaban J connectivity index is 1.64. The van der Waals surface area contributed by atoms with Crippen LogP contribution in [0.15, 0.2) is 18.2 Å². The number of amides is 2. The van der Waals surface area contributed by atoms with E-state index in [0.29, 0.717) is 21.3 Å². The Morgan fingerprint density at radius 2 is 1.89 bits per heavy atom. The number of hydrogen-bond donors (Lipinski definition) is 2. The van der Waals surface area contributed by atoms with Gasteiger partial charge in [0.15, 0.2) is 6.61 Å². The molecule has 1 aliphatic rings. The molecule has 0 aliphatic heterocycles. The molecular weight excluding hydrogens is 400 g/mol. The normalized spacial score (nSPS) is 13.1. The molecule has 1 aromatic heterocycles. The number of anilines is 2. The molecule has 2 N–H and O–H groups in total. The van der Waals surface area contributed by atoms with Gasteiger partial charge in [0.1, 0.15) is 5.00 Å². The first kappa shape index (κ1) is 20.4. The third kappa shape index (κ3) is 4.72. The second-order valence-electron chi connectivity index (χ2n) is 6.86. The average Bonchev–Trinajstić information content (AvgIpc) is 3.43. The number of carbonyl (C=O) groups is 3. The van der Waals surface area contributed by atoms with Crippen LogP contribution in [-0.4, -0.2) is 24.4 Å². The molecule has 148 valence electrons. The lowest BCUT2D eigenvalue weighted by Crippen LogP contribution is -2.22. The van der Waals surface area contributed by atoms with Crippen LogP contribution >= 0.6 is 22.9 Å². The topological polar surface area (TPSA) is 84.5 Å². The van der Waals surface area contributed by atoms with Gasteiger partial charge in [0.2, 0.25) is 5.91 Å². The second-order valence-corrected chi connectivity index (χ2v) is 8.49. The van der Waals surface area contributed by atoms with Gasteiger partial charge in [-0.1, -0.05) is 17.7 Å². The van der Waals surface area contributed by atoms with Crippen molar-refractivity contribution in [3.05, 3.63) is 44.8 Å². The van der Waals surface area contributed by atoms with Crippen LogP contribution in [0.5, 0.6) is 0 Å². The number of benzene rings is 1. The van der Waals surface area contributed by atoms with Crippen LogP contribution in [0.1, 0.15) is 39.2 Å². The quantitative estimate of drug-likeness (QED) is 0.675. The summed E-state index contributed by atoms with van der Waals surface area (Å²) >= 11 is 7.43. The van der Waals surface area contributed by atoms with E-state index >= 15 is 0 Å². The molecule has 1 aromatic carbocycles. The largest absolute Gasteiger partial charge is 0.452 e. The number of nitrogens with one attached hydrogen (secondary N) is 2. The van der Waals surface area contributed by atoms with E-state index in [0.717, 1.165) is 28.8 Å². The lowest BCUT2D eigenvalue weighted by Gasteiger charge is -2.10. The summed E-state index contributed by atoms with van der Waals surface area (Å²) < 4.78 is 5.18. The van der Waals surface area contributed by atoms with Gasteiger partial charge >= 0.3 is 5.97 Å². The fraction of sp³-hybridized carbons (Fsp3) is 0.350. The lowest BCUT2D eigenvalue weighted by molar-refractivity contribution is -0.119. The molecule has 0 atom stereocenters. The summed E-state index contributed by atoms with van der Waals surface area (Å²) in [6.45, 7) is 5.11. The van der Waals surface area contributed by atoms with Crippen LogP contribution in [-0.2, 0) is 14.3 Å². The van der Waals surface area contributed by atoms with E-state index in [1.807, 2.05) is 19.9 Å². The predicted molar refractivity (Wildman–Crippen MR) is 110 cm³/mol. The molecule has 2 amide bonds. The Bertz CT molecular complexity index is 950. The van der Waals surface area contributed by atoms with Gasteiger partial charge in [-0.2, -0.15) is 0 Å². The SMILES string of the molecule is Cc1ccc(NC(=O)COC(=O)c2c(NC(=O)C3CC3)sc(C)c2C)c(Cl)c1. The molecule has 0 radical (unpaired) electrons. The Kier molecular flexibility index (Phi) is 6.05. The maximum Gasteiger partial charge on any atom is 0.341 e. The van der Waals surface area contributed by atoms with E-state index in [-0.39, 0.29) is 11.8 Å². The molecule has 6 nitrogen and oxygen atoms in total. The minimum atomic E-state index is -0.641. The first-order chi connectivity index (χ1) is 13.3. The first-order valence-corrected chi connectivity index (χ1v) is 10.1. The van der Waals surface area contributed by atoms with Crippen molar-refractivity contribution in [1.82, 2.24) is 0 Å². The van der Waals surface area contributed by atoms with Crippen molar-refractivity contribution in [3.8, 4) is 0 Å². The maximum atomic E-state index is 12.6. The summed E-state index contributed by atoms with van der Waals surface area (Å²) in [5, 5.41) is 6.32. The van der Waals surface area contributed by atoms with E-state index in [2.05, 4.69) is 10.6 Å². The molecule has 0 unspecified atom stereocenters. The van der Waals surface area contributed by atoms with Gasteiger partial charge in [0, 0.05) is 10.8 Å². The van der Waals surface area contributed by atoms with Crippen LogP contribution in [0.2, 0.25) is 5.02 Å². The summed E-state index contributed by atoms with van der Waals surface area (Å²) in [6.07, 6.45) is 1.74. The Morgan fingerprint density at radius 1 is 1.18 bits per heavy atom. The third-order valence-electron chi connectivity index (χ3n) is 4.51. The molecule has 2 aromatic rings. The lowest BCUT2D eigenvalue weighted by atomic mass is 10.1. The zero-order chi connectivity index (χ0) is 20.4. The number of rotatable bonds is 6. The minimum absolute atomic E-state index is 0.0246. The average molecular weight is 421 g/mol. The summed E-state index contributed by atoms with van der Waals surface area (Å²) in [6, 6.07) is 5.24. The van der Waals surface area contributed by atoms with E-state index in [4.69, 9.17) is 16.3 Å². The zero-order valence-electron chi connectivity index (χ0n) is 15.8. The molecule has 1 aliphatic carbocycles. The molecule has 28 heavy (non-hydrogen) atoms. The van der Waals surface area contributed by atoms with Gasteiger partial charge in [0.05, 0.1) is 16.3 Å². The Hall–Kier alpha value is -2.38. The highest BCUT2D eigenvalue weighted by Gasteiger charge is 2.31. The number of hydrogen-bond acceptors (Lipinski definition) is 5. The summed E-state index contributed by atoms with van der Waals surface area (Å²) in [7, 11) is 0. The van der Waals surface area contributed by atoms with Gasteiger partial charge in [-0.05, 0) is 56.9 Å². The van der Waals surface area contributed by atoms with Crippen LogP contribution in [0.3, 0.4) is 0 Å². The fourth-order valence-corrected chi connectivity index (χ4v) is 3.97. The van der Waals surface area contributed by atoms with Gasteiger partial charge in [-0.15, -0.1) is 11.3 Å². The van der Waals surface area contributed by atoms with E-state index < -0.39 is 18.5 Å². The standard InChI is InChI=1S/C20H21ClN2O4S/c1-10-4-7-15(14(21)8-10)22-16(24)9-27-20(26)17-11(2)12(3)28-19(17)23-18(25)13-5-6-13/h4,7-8,13H,5-6,9H2,1-3H3,(H,22,24)(H,23,25). The number of halogens is 1. The van der Waals surface area contributed by atoms with Crippen molar-refractivity contribution in [2.24, 2.45) is 5.92 Å². The van der Waals surface area contributed by atoms with Gasteiger partial charge < -0.3 is 15.4 Å². The van der Waals surface area contributed by atoms with E-state index in [9.17, 15) is 14.4 Å². The number of aryl methyl sites for hydroxylation is 2. The number of ether oxygens (including phenoxy) is 1. The Morgan fingerprint density at radius 3 is 2.54 bits per heavy atom. The summed E-state index contributed by atoms with van der Waals surface area (Å²) in [5.74, 6) is -1.19. The monoisotopic (exact) mass is 420 g/mol. The summed E-state index contributed by atoms with van der Waals surface area (Å²) in [5.41, 5.74) is 2.47.